The molecule has 0 aliphatic heterocycles. The predicted octanol–water partition coefficient (Wildman–Crippen LogP) is 5.87. The Morgan fingerprint density at radius 3 is 2.47 bits per heavy atom. The van der Waals surface area contributed by atoms with Gasteiger partial charge in [0.05, 0.1) is 17.1 Å². The summed E-state index contributed by atoms with van der Waals surface area (Å²) in [6.07, 6.45) is 2.28. The number of ether oxygens (including phenoxy) is 1. The number of halogens is 1. The van der Waals surface area contributed by atoms with Gasteiger partial charge in [0.1, 0.15) is 5.75 Å². The maximum absolute atomic E-state index is 12.9. The van der Waals surface area contributed by atoms with Crippen molar-refractivity contribution in [2.45, 2.75) is 26.2 Å². The normalized spacial score (nSPS) is 10.5. The van der Waals surface area contributed by atoms with E-state index in [4.69, 9.17) is 17.0 Å². The molecule has 0 unspecified atom stereocenters. The molecule has 0 radical (unpaired) electrons. The molecule has 0 saturated carbocycles. The van der Waals surface area contributed by atoms with Crippen LogP contribution in [0.3, 0.4) is 0 Å². The summed E-state index contributed by atoms with van der Waals surface area (Å²) in [5, 5.41) is 10.5. The van der Waals surface area contributed by atoms with Gasteiger partial charge in [-0.2, -0.15) is 0 Å². The maximum Gasteiger partial charge on any atom is 0.261 e. The molecule has 3 aromatic carbocycles. The van der Waals surface area contributed by atoms with Crippen molar-refractivity contribution >= 4 is 67.2 Å². The zero-order chi connectivity index (χ0) is 23.1. The van der Waals surface area contributed by atoms with Gasteiger partial charge in [-0.1, -0.05) is 43.7 Å². The fourth-order valence-corrected chi connectivity index (χ4v) is 4.17. The third-order valence-electron chi connectivity index (χ3n) is 4.78. The molecule has 166 valence electrons. The van der Waals surface area contributed by atoms with E-state index in [0.29, 0.717) is 33.6 Å². The Bertz CT molecular complexity index is 1170. The molecule has 0 heterocycles. The van der Waals surface area contributed by atoms with Crippen molar-refractivity contribution in [2.24, 2.45) is 0 Å². The highest BCUT2D eigenvalue weighted by molar-refractivity contribution is 9.10. The van der Waals surface area contributed by atoms with Gasteiger partial charge in [0.15, 0.2) is 5.11 Å². The van der Waals surface area contributed by atoms with Crippen LogP contribution in [-0.2, 0) is 4.79 Å². The van der Waals surface area contributed by atoms with Crippen LogP contribution in [-0.4, -0.2) is 24.0 Å². The van der Waals surface area contributed by atoms with E-state index in [1.807, 2.05) is 31.2 Å². The molecule has 0 atom stereocenters. The fourth-order valence-electron chi connectivity index (χ4n) is 3.22. The van der Waals surface area contributed by atoms with Crippen LogP contribution in [0.15, 0.2) is 59.1 Å². The van der Waals surface area contributed by atoms with Crippen LogP contribution in [0.25, 0.3) is 10.8 Å². The van der Waals surface area contributed by atoms with Crippen molar-refractivity contribution in [1.29, 1.82) is 0 Å². The molecule has 0 bridgehead atoms. The Morgan fingerprint density at radius 1 is 1.03 bits per heavy atom. The van der Waals surface area contributed by atoms with Gasteiger partial charge >= 0.3 is 0 Å². The Hall–Kier alpha value is -2.97. The Labute approximate surface area is 200 Å². The van der Waals surface area contributed by atoms with E-state index in [0.717, 1.165) is 23.6 Å². The van der Waals surface area contributed by atoms with Gasteiger partial charge < -0.3 is 15.4 Å². The SMILES string of the molecule is CCCCC(=O)Nc1cccc(NC(=S)NC(=O)c2cc3ccccc3c(Br)c2OC)c1. The first-order valence-electron chi connectivity index (χ1n) is 10.2. The summed E-state index contributed by atoms with van der Waals surface area (Å²) in [6.45, 7) is 2.04. The molecule has 0 saturated heterocycles. The van der Waals surface area contributed by atoms with Gasteiger partial charge in [-0.25, -0.2) is 0 Å². The van der Waals surface area contributed by atoms with Crippen molar-refractivity contribution < 1.29 is 14.3 Å². The van der Waals surface area contributed by atoms with E-state index in [-0.39, 0.29) is 11.0 Å². The van der Waals surface area contributed by atoms with Gasteiger partial charge in [-0.15, -0.1) is 0 Å². The van der Waals surface area contributed by atoms with Crippen LogP contribution in [0.1, 0.15) is 36.5 Å². The molecular weight excluding hydrogens is 490 g/mol. The third kappa shape index (κ3) is 5.83. The first kappa shape index (κ1) is 23.7. The second kappa shape index (κ2) is 11.1. The number of hydrogen-bond acceptors (Lipinski definition) is 4. The highest BCUT2D eigenvalue weighted by Gasteiger charge is 2.19. The van der Waals surface area contributed by atoms with Gasteiger partial charge in [0.2, 0.25) is 5.91 Å². The van der Waals surface area contributed by atoms with Gasteiger partial charge in [-0.3, -0.25) is 14.9 Å². The fraction of sp³-hybridized carbons (Fsp3) is 0.208. The Kier molecular flexibility index (Phi) is 8.19. The number of benzene rings is 3. The molecule has 2 amide bonds. The van der Waals surface area contributed by atoms with Crippen LogP contribution in [0.2, 0.25) is 0 Å². The average Bonchev–Trinajstić information content (AvgIpc) is 2.77. The van der Waals surface area contributed by atoms with Crippen LogP contribution >= 0.6 is 28.1 Å². The Balaban J connectivity index is 1.71. The van der Waals surface area contributed by atoms with Crippen molar-refractivity contribution in [3.8, 4) is 5.75 Å². The second-order valence-electron chi connectivity index (χ2n) is 7.13. The predicted molar refractivity (Wildman–Crippen MR) is 136 cm³/mol. The minimum Gasteiger partial charge on any atom is -0.495 e. The second-order valence-corrected chi connectivity index (χ2v) is 8.33. The molecule has 8 heteroatoms. The maximum atomic E-state index is 12.9. The number of unbranched alkanes of at least 4 members (excludes halogenated alkanes) is 1. The molecule has 3 aromatic rings. The number of nitrogens with one attached hydrogen (secondary N) is 3. The topological polar surface area (TPSA) is 79.5 Å². The number of carbonyl (C=O) groups is 2. The molecule has 0 aromatic heterocycles. The van der Waals surface area contributed by atoms with Gasteiger partial charge in [0.25, 0.3) is 5.91 Å². The lowest BCUT2D eigenvalue weighted by atomic mass is 10.1. The monoisotopic (exact) mass is 513 g/mol. The number of rotatable bonds is 7. The molecule has 3 rings (SSSR count). The first-order chi connectivity index (χ1) is 15.4. The van der Waals surface area contributed by atoms with Crippen LogP contribution < -0.4 is 20.7 Å². The summed E-state index contributed by atoms with van der Waals surface area (Å²) in [4.78, 5) is 24.9. The largest absolute Gasteiger partial charge is 0.495 e. The van der Waals surface area contributed by atoms with E-state index in [1.165, 1.54) is 7.11 Å². The first-order valence-corrected chi connectivity index (χ1v) is 11.4. The highest BCUT2D eigenvalue weighted by Crippen LogP contribution is 2.36. The number of carbonyl (C=O) groups excluding carboxylic acids is 2. The van der Waals surface area contributed by atoms with Crippen molar-refractivity contribution in [1.82, 2.24) is 5.32 Å². The molecule has 0 aliphatic rings. The summed E-state index contributed by atoms with van der Waals surface area (Å²) < 4.78 is 6.18. The average molecular weight is 514 g/mol. The molecule has 3 N–H and O–H groups in total. The quantitative estimate of drug-likeness (QED) is 0.344. The molecule has 32 heavy (non-hydrogen) atoms. The number of amides is 2. The van der Waals surface area contributed by atoms with E-state index >= 15 is 0 Å². The van der Waals surface area contributed by atoms with Crippen LogP contribution in [0, 0.1) is 0 Å². The molecule has 0 aliphatic carbocycles. The van der Waals surface area contributed by atoms with E-state index in [9.17, 15) is 9.59 Å². The smallest absolute Gasteiger partial charge is 0.261 e. The van der Waals surface area contributed by atoms with Crippen molar-refractivity contribution in [3.63, 3.8) is 0 Å². The third-order valence-corrected chi connectivity index (χ3v) is 5.77. The zero-order valence-corrected chi connectivity index (χ0v) is 20.2. The van der Waals surface area contributed by atoms with E-state index in [2.05, 4.69) is 31.9 Å². The highest BCUT2D eigenvalue weighted by atomic mass is 79.9. The number of methoxy groups -OCH3 is 1. The summed E-state index contributed by atoms with van der Waals surface area (Å²) in [5.74, 6) is 0.00414. The molecule has 0 fully saturated rings. The summed E-state index contributed by atoms with van der Waals surface area (Å²) in [6, 6.07) is 16.6. The summed E-state index contributed by atoms with van der Waals surface area (Å²) in [5.41, 5.74) is 1.67. The van der Waals surface area contributed by atoms with E-state index in [1.54, 1.807) is 30.3 Å². The van der Waals surface area contributed by atoms with Crippen LogP contribution in [0.5, 0.6) is 5.75 Å². The lowest BCUT2D eigenvalue weighted by Crippen LogP contribution is -2.34. The molecular formula is C24H24BrN3O3S. The number of fused-ring (bicyclic) bond motifs is 1. The lowest BCUT2D eigenvalue weighted by Gasteiger charge is -2.15. The molecule has 0 spiro atoms. The zero-order valence-electron chi connectivity index (χ0n) is 17.8. The summed E-state index contributed by atoms with van der Waals surface area (Å²) >= 11 is 8.86. The number of hydrogen-bond donors (Lipinski definition) is 3. The summed E-state index contributed by atoms with van der Waals surface area (Å²) in [7, 11) is 1.52. The number of anilines is 2. The standard InChI is InChI=1S/C24H24BrN3O3S/c1-3-4-12-20(29)26-16-9-7-10-17(14-16)27-24(32)28-23(30)19-13-15-8-5-6-11-18(15)21(25)22(19)31-2/h5-11,13-14H,3-4,12H2,1-2H3,(H,26,29)(H2,27,28,30,32). The minimum atomic E-state index is -0.394. The van der Waals surface area contributed by atoms with E-state index < -0.39 is 5.91 Å². The lowest BCUT2D eigenvalue weighted by molar-refractivity contribution is -0.116. The number of thiocarbonyl (C=S) groups is 1. The van der Waals surface area contributed by atoms with Gasteiger partial charge in [-0.05, 0) is 69.6 Å². The van der Waals surface area contributed by atoms with Crippen LogP contribution in [0.4, 0.5) is 11.4 Å². The van der Waals surface area contributed by atoms with Gasteiger partial charge in [0, 0.05) is 17.8 Å². The minimum absolute atomic E-state index is 0.0335. The Morgan fingerprint density at radius 2 is 1.75 bits per heavy atom. The molecule has 6 nitrogen and oxygen atoms in total. The van der Waals surface area contributed by atoms with Crippen molar-refractivity contribution in [3.05, 3.63) is 64.6 Å². The van der Waals surface area contributed by atoms with Crippen molar-refractivity contribution in [2.75, 3.05) is 17.7 Å².